The maximum Gasteiger partial charge on any atom is 0.420 e. The average molecular weight is 241 g/mol. The van der Waals surface area contributed by atoms with Gasteiger partial charge in [0.05, 0.1) is 0 Å². The summed E-state index contributed by atoms with van der Waals surface area (Å²) in [6.45, 7) is 0. The number of hydrogen-bond donors (Lipinski definition) is 1. The third kappa shape index (κ3) is 1.69. The molecule has 0 unspecified atom stereocenters. The van der Waals surface area contributed by atoms with Gasteiger partial charge in [0.15, 0.2) is 11.5 Å². The summed E-state index contributed by atoms with van der Waals surface area (Å²) in [6, 6.07) is 9.26. The van der Waals surface area contributed by atoms with Crippen LogP contribution in [0.3, 0.4) is 0 Å². The molecule has 0 saturated carbocycles. The van der Waals surface area contributed by atoms with E-state index in [-0.39, 0.29) is 11.0 Å². The van der Waals surface area contributed by atoms with Crippen molar-refractivity contribution >= 4 is 11.0 Å². The molecule has 6 heteroatoms. The van der Waals surface area contributed by atoms with Crippen molar-refractivity contribution in [3.8, 4) is 11.4 Å². The SMILES string of the molecule is O=c1[nH]c2nc(-c3ccccc3)ncc2c(=O)o1. The Hall–Kier alpha value is -2.76. The largest absolute Gasteiger partial charge is 0.420 e. The minimum Gasteiger partial charge on any atom is -0.372 e. The molecule has 0 aliphatic carbocycles. The lowest BCUT2D eigenvalue weighted by Crippen LogP contribution is -2.15. The Kier molecular flexibility index (Phi) is 2.26. The molecule has 0 aliphatic rings. The van der Waals surface area contributed by atoms with Gasteiger partial charge in [-0.25, -0.2) is 19.6 Å². The first-order valence-electron chi connectivity index (χ1n) is 5.19. The van der Waals surface area contributed by atoms with Crippen molar-refractivity contribution in [3.05, 3.63) is 57.5 Å². The Bertz CT molecular complexity index is 821. The summed E-state index contributed by atoms with van der Waals surface area (Å²) in [5.41, 5.74) is 0.229. The number of benzene rings is 1. The lowest BCUT2D eigenvalue weighted by atomic mass is 10.2. The summed E-state index contributed by atoms with van der Waals surface area (Å²) in [4.78, 5) is 33.0. The fourth-order valence-electron chi connectivity index (χ4n) is 1.61. The minimum absolute atomic E-state index is 0.147. The molecular weight excluding hydrogens is 234 g/mol. The van der Waals surface area contributed by atoms with Crippen molar-refractivity contribution in [1.29, 1.82) is 0 Å². The first-order chi connectivity index (χ1) is 8.74. The van der Waals surface area contributed by atoms with Gasteiger partial charge < -0.3 is 4.42 Å². The topological polar surface area (TPSA) is 88.9 Å². The summed E-state index contributed by atoms with van der Waals surface area (Å²) >= 11 is 0. The molecule has 0 aliphatic heterocycles. The van der Waals surface area contributed by atoms with Crippen LogP contribution in [-0.2, 0) is 0 Å². The molecule has 6 nitrogen and oxygen atoms in total. The first kappa shape index (κ1) is 10.4. The summed E-state index contributed by atoms with van der Waals surface area (Å²) in [7, 11) is 0. The van der Waals surface area contributed by atoms with Gasteiger partial charge >= 0.3 is 11.4 Å². The van der Waals surface area contributed by atoms with Gasteiger partial charge in [0.25, 0.3) is 0 Å². The number of nitrogens with one attached hydrogen (secondary N) is 1. The molecule has 2 aromatic heterocycles. The molecule has 1 N–H and O–H groups in total. The van der Waals surface area contributed by atoms with Crippen LogP contribution < -0.4 is 11.4 Å². The van der Waals surface area contributed by atoms with Gasteiger partial charge in [0, 0.05) is 11.8 Å². The van der Waals surface area contributed by atoms with Crippen LogP contribution in [0.5, 0.6) is 0 Å². The average Bonchev–Trinajstić information content (AvgIpc) is 2.39. The molecule has 1 aromatic carbocycles. The minimum atomic E-state index is -0.829. The van der Waals surface area contributed by atoms with Crippen molar-refractivity contribution in [3.63, 3.8) is 0 Å². The summed E-state index contributed by atoms with van der Waals surface area (Å²) in [5.74, 6) is -0.394. The number of hydrogen-bond acceptors (Lipinski definition) is 5. The molecule has 2 heterocycles. The number of aromatic nitrogens is 3. The van der Waals surface area contributed by atoms with E-state index in [0.717, 1.165) is 5.56 Å². The van der Waals surface area contributed by atoms with Gasteiger partial charge in [0.2, 0.25) is 0 Å². The third-order valence-corrected chi connectivity index (χ3v) is 2.45. The highest BCUT2D eigenvalue weighted by atomic mass is 16.4. The zero-order valence-corrected chi connectivity index (χ0v) is 9.08. The van der Waals surface area contributed by atoms with Crippen molar-refractivity contribution in [2.24, 2.45) is 0 Å². The van der Waals surface area contributed by atoms with Crippen LogP contribution in [0, 0.1) is 0 Å². The van der Waals surface area contributed by atoms with Crippen LogP contribution in [0.4, 0.5) is 0 Å². The Morgan fingerprint density at radius 1 is 1.11 bits per heavy atom. The van der Waals surface area contributed by atoms with Crippen LogP contribution in [0.15, 0.2) is 50.5 Å². The van der Waals surface area contributed by atoms with Gasteiger partial charge in [-0.3, -0.25) is 4.98 Å². The van der Waals surface area contributed by atoms with Gasteiger partial charge in [-0.1, -0.05) is 30.3 Å². The Balaban J connectivity index is 2.29. The molecular formula is C12H7N3O3. The normalized spacial score (nSPS) is 10.7. The zero-order chi connectivity index (χ0) is 12.5. The van der Waals surface area contributed by atoms with E-state index < -0.39 is 11.4 Å². The highest BCUT2D eigenvalue weighted by Crippen LogP contribution is 2.14. The summed E-state index contributed by atoms with van der Waals surface area (Å²) in [5, 5.41) is 0.147. The maximum absolute atomic E-state index is 11.4. The van der Waals surface area contributed by atoms with Crippen molar-refractivity contribution in [2.45, 2.75) is 0 Å². The molecule has 0 atom stereocenters. The van der Waals surface area contributed by atoms with Crippen LogP contribution in [0.1, 0.15) is 0 Å². The Morgan fingerprint density at radius 2 is 1.89 bits per heavy atom. The lowest BCUT2D eigenvalue weighted by molar-refractivity contribution is 0.459. The molecule has 18 heavy (non-hydrogen) atoms. The molecule has 0 radical (unpaired) electrons. The highest BCUT2D eigenvalue weighted by Gasteiger charge is 2.07. The van der Waals surface area contributed by atoms with E-state index in [1.165, 1.54) is 6.20 Å². The number of H-pyrrole nitrogens is 1. The molecule has 0 saturated heterocycles. The number of nitrogens with zero attached hydrogens (tertiary/aromatic N) is 2. The van der Waals surface area contributed by atoms with Crippen molar-refractivity contribution in [1.82, 2.24) is 15.0 Å². The second-order valence-electron chi connectivity index (χ2n) is 3.62. The van der Waals surface area contributed by atoms with E-state index in [1.54, 1.807) is 0 Å². The fourth-order valence-corrected chi connectivity index (χ4v) is 1.61. The zero-order valence-electron chi connectivity index (χ0n) is 9.08. The summed E-state index contributed by atoms with van der Waals surface area (Å²) in [6.07, 6.45) is 1.34. The van der Waals surface area contributed by atoms with Gasteiger partial charge in [-0.15, -0.1) is 0 Å². The van der Waals surface area contributed by atoms with E-state index in [9.17, 15) is 9.59 Å². The van der Waals surface area contributed by atoms with E-state index >= 15 is 0 Å². The van der Waals surface area contributed by atoms with Crippen molar-refractivity contribution < 1.29 is 4.42 Å². The van der Waals surface area contributed by atoms with Crippen LogP contribution in [-0.4, -0.2) is 15.0 Å². The second kappa shape index (κ2) is 3.92. The number of rotatable bonds is 1. The standard InChI is InChI=1S/C12H7N3O3/c16-11-8-6-13-9(7-4-2-1-3-5-7)14-10(8)15-12(17)18-11/h1-6H,(H,13,14,15,17). The van der Waals surface area contributed by atoms with E-state index in [1.807, 2.05) is 30.3 Å². The van der Waals surface area contributed by atoms with Crippen LogP contribution in [0.25, 0.3) is 22.4 Å². The third-order valence-electron chi connectivity index (χ3n) is 2.45. The van der Waals surface area contributed by atoms with Gasteiger partial charge in [0.1, 0.15) is 5.39 Å². The van der Waals surface area contributed by atoms with E-state index in [4.69, 9.17) is 0 Å². The second-order valence-corrected chi connectivity index (χ2v) is 3.62. The smallest absolute Gasteiger partial charge is 0.372 e. The number of aromatic amines is 1. The number of fused-ring (bicyclic) bond motifs is 1. The Morgan fingerprint density at radius 3 is 2.67 bits per heavy atom. The van der Waals surface area contributed by atoms with Crippen molar-refractivity contribution in [2.75, 3.05) is 0 Å². The molecule has 0 bridgehead atoms. The molecule has 0 spiro atoms. The highest BCUT2D eigenvalue weighted by molar-refractivity contribution is 5.73. The molecule has 3 aromatic rings. The maximum atomic E-state index is 11.4. The van der Waals surface area contributed by atoms with Crippen LogP contribution in [0.2, 0.25) is 0 Å². The Labute approximate surface area is 100.0 Å². The van der Waals surface area contributed by atoms with Gasteiger partial charge in [-0.2, -0.15) is 0 Å². The molecule has 88 valence electrons. The summed E-state index contributed by atoms with van der Waals surface area (Å²) < 4.78 is 4.39. The first-order valence-corrected chi connectivity index (χ1v) is 5.19. The predicted octanol–water partition coefficient (Wildman–Crippen LogP) is 0.938. The monoisotopic (exact) mass is 241 g/mol. The predicted molar refractivity (Wildman–Crippen MR) is 64.1 cm³/mol. The molecule has 3 rings (SSSR count). The van der Waals surface area contributed by atoms with E-state index in [2.05, 4.69) is 19.4 Å². The fraction of sp³-hybridized carbons (Fsp3) is 0. The van der Waals surface area contributed by atoms with E-state index in [0.29, 0.717) is 5.82 Å². The van der Waals surface area contributed by atoms with Gasteiger partial charge in [-0.05, 0) is 0 Å². The molecule has 0 fully saturated rings. The van der Waals surface area contributed by atoms with Crippen LogP contribution >= 0.6 is 0 Å². The quantitative estimate of drug-likeness (QED) is 0.684. The lowest BCUT2D eigenvalue weighted by Gasteiger charge is -2.00. The molecule has 0 amide bonds.